The number of para-hydroxylation sites is 1. The maximum Gasteiger partial charge on any atom is 0.228 e. The van der Waals surface area contributed by atoms with Gasteiger partial charge in [-0.2, -0.15) is 0 Å². The van der Waals surface area contributed by atoms with Gasteiger partial charge in [-0.05, 0) is 24.3 Å². The van der Waals surface area contributed by atoms with Gasteiger partial charge in [-0.3, -0.25) is 4.79 Å². The van der Waals surface area contributed by atoms with Gasteiger partial charge in [0.15, 0.2) is 11.3 Å². The lowest BCUT2D eigenvalue weighted by Gasteiger charge is -1.97. The van der Waals surface area contributed by atoms with Gasteiger partial charge in [-0.25, -0.2) is 0 Å². The van der Waals surface area contributed by atoms with Crippen molar-refractivity contribution in [2.75, 3.05) is 0 Å². The fraction of sp³-hybridized carbons (Fsp3) is 0. The SMILES string of the molecule is O=C(c1cccc(Br)c1)c1cc2cccc(Cl)c2o1. The lowest BCUT2D eigenvalue weighted by Crippen LogP contribution is -1.98. The highest BCUT2D eigenvalue weighted by Crippen LogP contribution is 2.28. The highest BCUT2D eigenvalue weighted by atomic mass is 79.9. The average Bonchev–Trinajstić information content (AvgIpc) is 2.83. The second kappa shape index (κ2) is 4.83. The van der Waals surface area contributed by atoms with Crippen LogP contribution in [0.5, 0.6) is 0 Å². The molecule has 0 radical (unpaired) electrons. The van der Waals surface area contributed by atoms with E-state index in [9.17, 15) is 4.79 Å². The molecule has 0 atom stereocenters. The first-order chi connectivity index (χ1) is 9.15. The minimum atomic E-state index is -0.159. The van der Waals surface area contributed by atoms with Gasteiger partial charge in [-0.15, -0.1) is 0 Å². The molecule has 0 aliphatic carbocycles. The Hall–Kier alpha value is -1.58. The van der Waals surface area contributed by atoms with E-state index in [1.165, 1.54) is 0 Å². The lowest BCUT2D eigenvalue weighted by molar-refractivity contribution is 0.101. The Morgan fingerprint density at radius 3 is 2.63 bits per heavy atom. The molecule has 3 rings (SSSR count). The maximum absolute atomic E-state index is 12.3. The van der Waals surface area contributed by atoms with Crippen LogP contribution in [0.2, 0.25) is 5.02 Å². The smallest absolute Gasteiger partial charge is 0.228 e. The van der Waals surface area contributed by atoms with Crippen molar-refractivity contribution in [3.05, 3.63) is 69.3 Å². The van der Waals surface area contributed by atoms with Crippen LogP contribution in [0.4, 0.5) is 0 Å². The van der Waals surface area contributed by atoms with Crippen molar-refractivity contribution in [3.8, 4) is 0 Å². The molecule has 2 aromatic carbocycles. The molecule has 4 heteroatoms. The number of carbonyl (C=O) groups excluding carboxylic acids is 1. The van der Waals surface area contributed by atoms with Crippen LogP contribution >= 0.6 is 27.5 Å². The molecule has 0 unspecified atom stereocenters. The quantitative estimate of drug-likeness (QED) is 0.611. The van der Waals surface area contributed by atoms with Crippen LogP contribution in [0.3, 0.4) is 0 Å². The minimum absolute atomic E-state index is 0.159. The zero-order valence-corrected chi connectivity index (χ0v) is 12.0. The Labute approximate surface area is 123 Å². The average molecular weight is 336 g/mol. The van der Waals surface area contributed by atoms with Crippen LogP contribution in [0, 0.1) is 0 Å². The third-order valence-corrected chi connectivity index (χ3v) is 3.60. The van der Waals surface area contributed by atoms with Crippen LogP contribution < -0.4 is 0 Å². The molecule has 3 aromatic rings. The monoisotopic (exact) mass is 334 g/mol. The number of hydrogen-bond acceptors (Lipinski definition) is 2. The standard InChI is InChI=1S/C15H8BrClO2/c16-11-5-1-3-9(7-11)14(18)13-8-10-4-2-6-12(17)15(10)19-13/h1-8H. The van der Waals surface area contributed by atoms with Crippen molar-refractivity contribution in [1.29, 1.82) is 0 Å². The van der Waals surface area contributed by atoms with Gasteiger partial charge in [0.2, 0.25) is 5.78 Å². The summed E-state index contributed by atoms with van der Waals surface area (Å²) in [5.74, 6) is 0.134. The Morgan fingerprint density at radius 2 is 1.89 bits per heavy atom. The molecule has 0 amide bonds. The first-order valence-corrected chi connectivity index (χ1v) is 6.80. The second-order valence-electron chi connectivity index (χ2n) is 4.11. The molecule has 0 aliphatic heterocycles. The third kappa shape index (κ3) is 2.31. The van der Waals surface area contributed by atoms with E-state index in [4.69, 9.17) is 16.0 Å². The van der Waals surface area contributed by atoms with Gasteiger partial charge in [0.05, 0.1) is 5.02 Å². The Bertz CT molecular complexity index is 777. The molecule has 2 nitrogen and oxygen atoms in total. The molecule has 94 valence electrons. The fourth-order valence-electron chi connectivity index (χ4n) is 1.91. The number of benzene rings is 2. The zero-order valence-electron chi connectivity index (χ0n) is 9.69. The second-order valence-corrected chi connectivity index (χ2v) is 5.43. The summed E-state index contributed by atoms with van der Waals surface area (Å²) < 4.78 is 6.41. The summed E-state index contributed by atoms with van der Waals surface area (Å²) in [4.78, 5) is 12.3. The summed E-state index contributed by atoms with van der Waals surface area (Å²) in [6.45, 7) is 0. The number of carbonyl (C=O) groups is 1. The molecular weight excluding hydrogens is 328 g/mol. The van der Waals surface area contributed by atoms with Crippen LogP contribution in [0.25, 0.3) is 11.0 Å². The molecule has 0 saturated heterocycles. The van der Waals surface area contributed by atoms with Gasteiger partial charge in [0.25, 0.3) is 0 Å². The van der Waals surface area contributed by atoms with Gasteiger partial charge < -0.3 is 4.42 Å². The molecular formula is C15H8BrClO2. The molecule has 19 heavy (non-hydrogen) atoms. The number of ketones is 1. The van der Waals surface area contributed by atoms with Crippen molar-refractivity contribution in [1.82, 2.24) is 0 Å². The zero-order chi connectivity index (χ0) is 13.4. The molecule has 0 N–H and O–H groups in total. The third-order valence-electron chi connectivity index (χ3n) is 2.81. The first-order valence-electron chi connectivity index (χ1n) is 5.63. The van der Waals surface area contributed by atoms with Crippen molar-refractivity contribution in [2.45, 2.75) is 0 Å². The maximum atomic E-state index is 12.3. The number of furan rings is 1. The summed E-state index contributed by atoms with van der Waals surface area (Å²) in [7, 11) is 0. The van der Waals surface area contributed by atoms with Crippen LogP contribution in [-0.4, -0.2) is 5.78 Å². The normalized spacial score (nSPS) is 10.8. The predicted molar refractivity (Wildman–Crippen MR) is 78.8 cm³/mol. The van der Waals surface area contributed by atoms with E-state index in [2.05, 4.69) is 15.9 Å². The highest BCUT2D eigenvalue weighted by Gasteiger charge is 2.15. The van der Waals surface area contributed by atoms with E-state index in [1.807, 2.05) is 24.3 Å². The number of rotatable bonds is 2. The highest BCUT2D eigenvalue weighted by molar-refractivity contribution is 9.10. The van der Waals surface area contributed by atoms with E-state index >= 15 is 0 Å². The Morgan fingerprint density at radius 1 is 1.11 bits per heavy atom. The van der Waals surface area contributed by atoms with Crippen molar-refractivity contribution >= 4 is 44.3 Å². The van der Waals surface area contributed by atoms with Crippen LogP contribution in [0.15, 0.2) is 57.4 Å². The molecule has 0 aliphatic rings. The summed E-state index contributed by atoms with van der Waals surface area (Å²) in [5, 5.41) is 1.33. The van der Waals surface area contributed by atoms with Gasteiger partial charge in [-0.1, -0.05) is 51.8 Å². The number of fused-ring (bicyclic) bond motifs is 1. The van der Waals surface area contributed by atoms with Crippen LogP contribution in [-0.2, 0) is 0 Å². The van der Waals surface area contributed by atoms with Gasteiger partial charge in [0.1, 0.15) is 0 Å². The van der Waals surface area contributed by atoms with E-state index < -0.39 is 0 Å². The number of hydrogen-bond donors (Lipinski definition) is 0. The topological polar surface area (TPSA) is 30.2 Å². The minimum Gasteiger partial charge on any atom is -0.451 e. The molecule has 1 aromatic heterocycles. The number of halogens is 2. The van der Waals surface area contributed by atoms with Gasteiger partial charge in [0, 0.05) is 15.4 Å². The predicted octanol–water partition coefficient (Wildman–Crippen LogP) is 5.08. The van der Waals surface area contributed by atoms with E-state index in [1.54, 1.807) is 24.3 Å². The Kier molecular flexibility index (Phi) is 3.17. The molecule has 0 saturated carbocycles. The van der Waals surface area contributed by atoms with E-state index in [0.717, 1.165) is 9.86 Å². The Balaban J connectivity index is 2.09. The molecule has 0 fully saturated rings. The van der Waals surface area contributed by atoms with Crippen molar-refractivity contribution in [2.24, 2.45) is 0 Å². The summed E-state index contributed by atoms with van der Waals surface area (Å²) in [6, 6.07) is 14.3. The lowest BCUT2D eigenvalue weighted by atomic mass is 10.1. The molecule has 0 bridgehead atoms. The molecule has 1 heterocycles. The van der Waals surface area contributed by atoms with Crippen molar-refractivity contribution in [3.63, 3.8) is 0 Å². The summed E-state index contributed by atoms with van der Waals surface area (Å²) in [5.41, 5.74) is 1.12. The largest absolute Gasteiger partial charge is 0.451 e. The van der Waals surface area contributed by atoms with Crippen molar-refractivity contribution < 1.29 is 9.21 Å². The van der Waals surface area contributed by atoms with Gasteiger partial charge >= 0.3 is 0 Å². The van der Waals surface area contributed by atoms with E-state index in [0.29, 0.717) is 21.9 Å². The van der Waals surface area contributed by atoms with Crippen LogP contribution in [0.1, 0.15) is 16.1 Å². The first kappa shape index (κ1) is 12.5. The molecule has 0 spiro atoms. The fourth-order valence-corrected chi connectivity index (χ4v) is 2.53. The summed E-state index contributed by atoms with van der Waals surface area (Å²) >= 11 is 9.38. The summed E-state index contributed by atoms with van der Waals surface area (Å²) in [6.07, 6.45) is 0. The van der Waals surface area contributed by atoms with E-state index in [-0.39, 0.29) is 5.78 Å².